The van der Waals surface area contributed by atoms with Crippen LogP contribution in [0, 0.1) is 6.92 Å². The largest absolute Gasteiger partial charge is 0.490 e. The molecule has 2 N–H and O–H groups in total. The summed E-state index contributed by atoms with van der Waals surface area (Å²) >= 11 is 1.66. The number of benzene rings is 1. The third kappa shape index (κ3) is 2.94. The maximum Gasteiger partial charge on any atom is 0.161 e. The second kappa shape index (κ2) is 5.81. The van der Waals surface area contributed by atoms with E-state index in [1.165, 1.54) is 0 Å². The van der Waals surface area contributed by atoms with Crippen molar-refractivity contribution in [2.75, 3.05) is 13.2 Å². The Hall–Kier alpha value is -1.59. The van der Waals surface area contributed by atoms with E-state index in [0.29, 0.717) is 13.2 Å². The molecule has 0 saturated heterocycles. The molecule has 0 radical (unpaired) electrons. The van der Waals surface area contributed by atoms with E-state index in [4.69, 9.17) is 15.2 Å². The summed E-state index contributed by atoms with van der Waals surface area (Å²) in [7, 11) is 0. The van der Waals surface area contributed by atoms with Crippen LogP contribution in [0.2, 0.25) is 0 Å². The van der Waals surface area contributed by atoms with Crippen molar-refractivity contribution >= 4 is 11.3 Å². The van der Waals surface area contributed by atoms with Crippen LogP contribution in [0.4, 0.5) is 0 Å². The number of nitrogens with two attached hydrogens (primary N) is 1. The first-order valence-corrected chi connectivity index (χ1v) is 7.66. The van der Waals surface area contributed by atoms with E-state index < -0.39 is 0 Å². The van der Waals surface area contributed by atoms with Gasteiger partial charge in [0.2, 0.25) is 0 Å². The standard InChI is InChI=1S/C15H18N2O2S/c1-10-17-12(9-20-10)8-13(16)11-3-4-14-15(7-11)19-6-2-5-18-14/h3-4,7,9,13H,2,5-6,8,16H2,1H3. The van der Waals surface area contributed by atoms with Crippen molar-refractivity contribution in [1.29, 1.82) is 0 Å². The van der Waals surface area contributed by atoms with E-state index in [1.54, 1.807) is 11.3 Å². The molecule has 5 heteroatoms. The molecule has 3 rings (SSSR count). The summed E-state index contributed by atoms with van der Waals surface area (Å²) in [4.78, 5) is 4.46. The van der Waals surface area contributed by atoms with E-state index in [0.717, 1.165) is 40.6 Å². The summed E-state index contributed by atoms with van der Waals surface area (Å²) in [6.45, 7) is 3.40. The normalized spacial score (nSPS) is 15.7. The number of nitrogens with zero attached hydrogens (tertiary/aromatic N) is 1. The number of hydrogen-bond donors (Lipinski definition) is 1. The van der Waals surface area contributed by atoms with Gasteiger partial charge in [-0.15, -0.1) is 11.3 Å². The highest BCUT2D eigenvalue weighted by Crippen LogP contribution is 2.32. The zero-order valence-electron chi connectivity index (χ0n) is 11.5. The molecule has 2 heterocycles. The molecule has 0 bridgehead atoms. The molecular formula is C15H18N2O2S. The molecule has 1 aliphatic rings. The van der Waals surface area contributed by atoms with Gasteiger partial charge in [-0.1, -0.05) is 6.07 Å². The van der Waals surface area contributed by atoms with Crippen molar-refractivity contribution in [3.63, 3.8) is 0 Å². The summed E-state index contributed by atoms with van der Waals surface area (Å²) in [5, 5.41) is 3.14. The Morgan fingerprint density at radius 3 is 2.85 bits per heavy atom. The Bertz CT molecular complexity index is 597. The molecule has 0 saturated carbocycles. The van der Waals surface area contributed by atoms with Gasteiger partial charge in [0, 0.05) is 24.3 Å². The van der Waals surface area contributed by atoms with Gasteiger partial charge in [-0.25, -0.2) is 4.98 Å². The number of rotatable bonds is 3. The first-order chi connectivity index (χ1) is 9.72. The highest BCUT2D eigenvalue weighted by Gasteiger charge is 2.15. The van der Waals surface area contributed by atoms with Crippen molar-refractivity contribution in [2.24, 2.45) is 5.73 Å². The number of fused-ring (bicyclic) bond motifs is 1. The molecular weight excluding hydrogens is 272 g/mol. The van der Waals surface area contributed by atoms with Gasteiger partial charge in [-0.3, -0.25) is 0 Å². The smallest absolute Gasteiger partial charge is 0.161 e. The van der Waals surface area contributed by atoms with Gasteiger partial charge in [-0.05, 0) is 24.6 Å². The molecule has 1 aromatic carbocycles. The maximum atomic E-state index is 6.28. The number of thiazole rings is 1. The SMILES string of the molecule is Cc1nc(CC(N)c2ccc3c(c2)OCCCO3)cs1. The number of ether oxygens (including phenoxy) is 2. The minimum absolute atomic E-state index is 0.0753. The maximum absolute atomic E-state index is 6.28. The zero-order valence-corrected chi connectivity index (χ0v) is 12.3. The summed E-state index contributed by atoms with van der Waals surface area (Å²) in [6, 6.07) is 5.87. The lowest BCUT2D eigenvalue weighted by Gasteiger charge is -2.14. The van der Waals surface area contributed by atoms with E-state index in [2.05, 4.69) is 10.4 Å². The molecule has 20 heavy (non-hydrogen) atoms. The minimum Gasteiger partial charge on any atom is -0.490 e. The van der Waals surface area contributed by atoms with Crippen LogP contribution in [0.3, 0.4) is 0 Å². The fourth-order valence-electron chi connectivity index (χ4n) is 2.26. The van der Waals surface area contributed by atoms with Gasteiger partial charge >= 0.3 is 0 Å². The molecule has 106 valence electrons. The molecule has 0 spiro atoms. The number of aryl methyl sites for hydroxylation is 1. The third-order valence-electron chi connectivity index (χ3n) is 3.30. The second-order valence-electron chi connectivity index (χ2n) is 4.93. The van der Waals surface area contributed by atoms with Gasteiger partial charge in [-0.2, -0.15) is 0 Å². The average molecular weight is 290 g/mol. The lowest BCUT2D eigenvalue weighted by Crippen LogP contribution is -2.13. The van der Waals surface area contributed by atoms with Crippen LogP contribution in [0.5, 0.6) is 11.5 Å². The van der Waals surface area contributed by atoms with Gasteiger partial charge in [0.1, 0.15) is 0 Å². The zero-order chi connectivity index (χ0) is 13.9. The predicted octanol–water partition coefficient (Wildman–Crippen LogP) is 2.86. The van der Waals surface area contributed by atoms with E-state index in [-0.39, 0.29) is 6.04 Å². The lowest BCUT2D eigenvalue weighted by atomic mass is 10.0. The lowest BCUT2D eigenvalue weighted by molar-refractivity contribution is 0.297. The monoisotopic (exact) mass is 290 g/mol. The van der Waals surface area contributed by atoms with Gasteiger partial charge in [0.25, 0.3) is 0 Å². The molecule has 1 atom stereocenters. The Balaban J connectivity index is 1.77. The predicted molar refractivity (Wildman–Crippen MR) is 79.5 cm³/mol. The Labute approximate surface area is 122 Å². The number of hydrogen-bond acceptors (Lipinski definition) is 5. The van der Waals surface area contributed by atoms with Crippen LogP contribution < -0.4 is 15.2 Å². The van der Waals surface area contributed by atoms with Crippen molar-refractivity contribution in [3.8, 4) is 11.5 Å². The van der Waals surface area contributed by atoms with Gasteiger partial charge in [0.15, 0.2) is 11.5 Å². The molecule has 0 amide bonds. The topological polar surface area (TPSA) is 57.4 Å². The van der Waals surface area contributed by atoms with Gasteiger partial charge in [0.05, 0.1) is 23.9 Å². The fraction of sp³-hybridized carbons (Fsp3) is 0.400. The van der Waals surface area contributed by atoms with Crippen molar-refractivity contribution in [2.45, 2.75) is 25.8 Å². The van der Waals surface area contributed by atoms with Crippen LogP contribution >= 0.6 is 11.3 Å². The molecule has 1 aromatic heterocycles. The van der Waals surface area contributed by atoms with E-state index in [1.807, 2.05) is 25.1 Å². The van der Waals surface area contributed by atoms with Gasteiger partial charge < -0.3 is 15.2 Å². The number of aromatic nitrogens is 1. The first kappa shape index (κ1) is 13.4. The van der Waals surface area contributed by atoms with Crippen LogP contribution in [0.15, 0.2) is 23.6 Å². The minimum atomic E-state index is -0.0753. The van der Waals surface area contributed by atoms with Crippen molar-refractivity contribution in [3.05, 3.63) is 39.8 Å². The molecule has 1 unspecified atom stereocenters. The molecule has 0 aliphatic carbocycles. The third-order valence-corrected chi connectivity index (χ3v) is 4.12. The molecule has 2 aromatic rings. The van der Waals surface area contributed by atoms with Crippen LogP contribution in [0.25, 0.3) is 0 Å². The summed E-state index contributed by atoms with van der Waals surface area (Å²) in [5.74, 6) is 1.60. The van der Waals surface area contributed by atoms with Crippen molar-refractivity contribution in [1.82, 2.24) is 4.98 Å². The van der Waals surface area contributed by atoms with Crippen molar-refractivity contribution < 1.29 is 9.47 Å². The Morgan fingerprint density at radius 2 is 2.10 bits per heavy atom. The highest BCUT2D eigenvalue weighted by molar-refractivity contribution is 7.09. The molecule has 1 aliphatic heterocycles. The fourth-order valence-corrected chi connectivity index (χ4v) is 2.88. The summed E-state index contributed by atoms with van der Waals surface area (Å²) in [5.41, 5.74) is 8.38. The molecule has 4 nitrogen and oxygen atoms in total. The summed E-state index contributed by atoms with van der Waals surface area (Å²) in [6.07, 6.45) is 1.65. The highest BCUT2D eigenvalue weighted by atomic mass is 32.1. The first-order valence-electron chi connectivity index (χ1n) is 6.78. The molecule has 0 fully saturated rings. The summed E-state index contributed by atoms with van der Waals surface area (Å²) < 4.78 is 11.3. The Morgan fingerprint density at radius 1 is 1.30 bits per heavy atom. The quantitative estimate of drug-likeness (QED) is 0.944. The van der Waals surface area contributed by atoms with Crippen LogP contribution in [-0.2, 0) is 6.42 Å². The van der Waals surface area contributed by atoms with E-state index >= 15 is 0 Å². The average Bonchev–Trinajstić information content (AvgIpc) is 2.72. The van der Waals surface area contributed by atoms with Crippen LogP contribution in [0.1, 0.15) is 28.7 Å². The van der Waals surface area contributed by atoms with E-state index in [9.17, 15) is 0 Å². The Kier molecular flexibility index (Phi) is 3.89. The second-order valence-corrected chi connectivity index (χ2v) is 5.99. The van der Waals surface area contributed by atoms with Crippen LogP contribution in [-0.4, -0.2) is 18.2 Å².